The zero-order valence-corrected chi connectivity index (χ0v) is 10.2. The Morgan fingerprint density at radius 2 is 2.00 bits per heavy atom. The number of rotatable bonds is 7. The zero-order valence-electron chi connectivity index (χ0n) is 10.2. The summed E-state index contributed by atoms with van der Waals surface area (Å²) in [5.74, 6) is 5.57. The van der Waals surface area contributed by atoms with Gasteiger partial charge in [0.1, 0.15) is 0 Å². The molecule has 3 N–H and O–H groups in total. The molecule has 0 heterocycles. The largest absolute Gasteiger partial charge is 0.382 e. The van der Waals surface area contributed by atoms with Crippen LogP contribution in [0.3, 0.4) is 0 Å². The van der Waals surface area contributed by atoms with Crippen molar-refractivity contribution in [2.75, 3.05) is 13.2 Å². The van der Waals surface area contributed by atoms with Crippen molar-refractivity contribution >= 4 is 0 Å². The van der Waals surface area contributed by atoms with E-state index in [-0.39, 0.29) is 6.04 Å². The van der Waals surface area contributed by atoms with Crippen molar-refractivity contribution < 1.29 is 4.74 Å². The van der Waals surface area contributed by atoms with Gasteiger partial charge in [0.2, 0.25) is 0 Å². The van der Waals surface area contributed by atoms with E-state index in [1.165, 1.54) is 11.1 Å². The van der Waals surface area contributed by atoms with Crippen LogP contribution in [0, 0.1) is 6.92 Å². The molecule has 0 aliphatic heterocycles. The van der Waals surface area contributed by atoms with Gasteiger partial charge in [0.15, 0.2) is 0 Å². The minimum Gasteiger partial charge on any atom is -0.382 e. The second-order valence-electron chi connectivity index (χ2n) is 3.97. The summed E-state index contributed by atoms with van der Waals surface area (Å²) in [6.45, 7) is 5.69. The Labute approximate surface area is 98.0 Å². The summed E-state index contributed by atoms with van der Waals surface area (Å²) in [4.78, 5) is 0. The van der Waals surface area contributed by atoms with E-state index in [0.717, 1.165) is 26.1 Å². The average molecular weight is 222 g/mol. The maximum Gasteiger partial charge on any atom is 0.0466 e. The summed E-state index contributed by atoms with van der Waals surface area (Å²) >= 11 is 0. The predicted molar refractivity (Wildman–Crippen MR) is 67.0 cm³/mol. The maximum atomic E-state index is 5.57. The van der Waals surface area contributed by atoms with Gasteiger partial charge in [0, 0.05) is 19.3 Å². The molecule has 0 bridgehead atoms. The lowest BCUT2D eigenvalue weighted by atomic mass is 10.0. The molecular weight excluding hydrogens is 200 g/mol. The van der Waals surface area contributed by atoms with Gasteiger partial charge in [-0.05, 0) is 32.3 Å². The Bertz CT molecular complexity index is 284. The molecular formula is C13H22N2O. The SMILES string of the molecule is CCOCCCC(NN)c1ccc(C)cc1. The number of ether oxygens (including phenoxy) is 1. The number of hydrazine groups is 1. The van der Waals surface area contributed by atoms with Gasteiger partial charge in [-0.3, -0.25) is 11.3 Å². The monoisotopic (exact) mass is 222 g/mol. The minimum absolute atomic E-state index is 0.223. The number of nitrogens with one attached hydrogen (secondary N) is 1. The summed E-state index contributed by atoms with van der Waals surface area (Å²) in [6.07, 6.45) is 2.02. The molecule has 3 nitrogen and oxygen atoms in total. The van der Waals surface area contributed by atoms with Gasteiger partial charge >= 0.3 is 0 Å². The third kappa shape index (κ3) is 4.31. The number of aryl methyl sites for hydroxylation is 1. The van der Waals surface area contributed by atoms with Crippen molar-refractivity contribution in [3.05, 3.63) is 35.4 Å². The van der Waals surface area contributed by atoms with Crippen LogP contribution in [0.5, 0.6) is 0 Å². The molecule has 0 radical (unpaired) electrons. The first-order chi connectivity index (χ1) is 7.77. The fourth-order valence-electron chi connectivity index (χ4n) is 1.68. The molecule has 1 aromatic rings. The van der Waals surface area contributed by atoms with E-state index in [0.29, 0.717) is 0 Å². The zero-order chi connectivity index (χ0) is 11.8. The predicted octanol–water partition coefficient (Wildman–Crippen LogP) is 2.32. The van der Waals surface area contributed by atoms with Gasteiger partial charge in [-0.2, -0.15) is 0 Å². The van der Waals surface area contributed by atoms with Gasteiger partial charge in [-0.15, -0.1) is 0 Å². The van der Waals surface area contributed by atoms with E-state index in [1.807, 2.05) is 6.92 Å². The first kappa shape index (κ1) is 13.2. The summed E-state index contributed by atoms with van der Waals surface area (Å²) in [5, 5.41) is 0. The lowest BCUT2D eigenvalue weighted by Crippen LogP contribution is -2.28. The second-order valence-corrected chi connectivity index (χ2v) is 3.97. The van der Waals surface area contributed by atoms with Crippen molar-refractivity contribution in [2.24, 2.45) is 5.84 Å². The highest BCUT2D eigenvalue weighted by Crippen LogP contribution is 2.18. The maximum absolute atomic E-state index is 5.57. The van der Waals surface area contributed by atoms with E-state index in [2.05, 4.69) is 36.6 Å². The van der Waals surface area contributed by atoms with Crippen molar-refractivity contribution in [3.63, 3.8) is 0 Å². The Hall–Kier alpha value is -0.900. The van der Waals surface area contributed by atoms with Gasteiger partial charge in [-0.25, -0.2) is 0 Å². The molecule has 1 rings (SSSR count). The van der Waals surface area contributed by atoms with Crippen LogP contribution in [0.15, 0.2) is 24.3 Å². The van der Waals surface area contributed by atoms with Crippen LogP contribution < -0.4 is 11.3 Å². The topological polar surface area (TPSA) is 47.3 Å². The molecule has 0 aromatic heterocycles. The van der Waals surface area contributed by atoms with Crippen LogP contribution in [-0.4, -0.2) is 13.2 Å². The fourth-order valence-corrected chi connectivity index (χ4v) is 1.68. The van der Waals surface area contributed by atoms with Crippen molar-refractivity contribution in [1.29, 1.82) is 0 Å². The highest BCUT2D eigenvalue weighted by Gasteiger charge is 2.08. The fraction of sp³-hybridized carbons (Fsp3) is 0.538. The molecule has 90 valence electrons. The van der Waals surface area contributed by atoms with E-state index in [1.54, 1.807) is 0 Å². The quantitative estimate of drug-likeness (QED) is 0.423. The van der Waals surface area contributed by atoms with Gasteiger partial charge in [0.25, 0.3) is 0 Å². The van der Waals surface area contributed by atoms with E-state index >= 15 is 0 Å². The molecule has 0 fully saturated rings. The molecule has 3 heteroatoms. The number of nitrogens with two attached hydrogens (primary N) is 1. The highest BCUT2D eigenvalue weighted by molar-refractivity contribution is 5.23. The summed E-state index contributed by atoms with van der Waals surface area (Å²) in [6, 6.07) is 8.70. The van der Waals surface area contributed by atoms with Crippen LogP contribution in [0.2, 0.25) is 0 Å². The van der Waals surface area contributed by atoms with E-state index in [9.17, 15) is 0 Å². The third-order valence-electron chi connectivity index (χ3n) is 2.67. The summed E-state index contributed by atoms with van der Waals surface area (Å²) < 4.78 is 5.31. The van der Waals surface area contributed by atoms with Crippen LogP contribution in [-0.2, 0) is 4.74 Å². The lowest BCUT2D eigenvalue weighted by Gasteiger charge is -2.16. The summed E-state index contributed by atoms with van der Waals surface area (Å²) in [5.41, 5.74) is 5.37. The van der Waals surface area contributed by atoms with Gasteiger partial charge < -0.3 is 4.74 Å². The second kappa shape index (κ2) is 7.39. The number of hydrogen-bond acceptors (Lipinski definition) is 3. The lowest BCUT2D eigenvalue weighted by molar-refractivity contribution is 0.141. The number of hydrogen-bond donors (Lipinski definition) is 2. The molecule has 1 aromatic carbocycles. The molecule has 1 unspecified atom stereocenters. The van der Waals surface area contributed by atoms with Crippen molar-refractivity contribution in [3.8, 4) is 0 Å². The standard InChI is InChI=1S/C13H22N2O/c1-3-16-10-4-5-13(15-14)12-8-6-11(2)7-9-12/h6-9,13,15H,3-5,10,14H2,1-2H3. The average Bonchev–Trinajstić information content (AvgIpc) is 2.31. The van der Waals surface area contributed by atoms with Crippen molar-refractivity contribution in [1.82, 2.24) is 5.43 Å². The third-order valence-corrected chi connectivity index (χ3v) is 2.67. The van der Waals surface area contributed by atoms with Crippen LogP contribution in [0.4, 0.5) is 0 Å². The van der Waals surface area contributed by atoms with Gasteiger partial charge in [0.05, 0.1) is 0 Å². The van der Waals surface area contributed by atoms with Crippen LogP contribution in [0.25, 0.3) is 0 Å². The van der Waals surface area contributed by atoms with Crippen LogP contribution in [0.1, 0.15) is 36.9 Å². The molecule has 1 atom stereocenters. The minimum atomic E-state index is 0.223. The number of benzene rings is 1. The molecule has 16 heavy (non-hydrogen) atoms. The van der Waals surface area contributed by atoms with Gasteiger partial charge in [-0.1, -0.05) is 29.8 Å². The first-order valence-corrected chi connectivity index (χ1v) is 5.88. The molecule has 0 saturated heterocycles. The smallest absolute Gasteiger partial charge is 0.0466 e. The molecule has 0 aliphatic carbocycles. The molecule has 0 spiro atoms. The first-order valence-electron chi connectivity index (χ1n) is 5.88. The Balaban J connectivity index is 2.44. The molecule has 0 aliphatic rings. The molecule has 0 saturated carbocycles. The normalized spacial score (nSPS) is 12.7. The Morgan fingerprint density at radius 1 is 1.31 bits per heavy atom. The highest BCUT2D eigenvalue weighted by atomic mass is 16.5. The van der Waals surface area contributed by atoms with E-state index < -0.39 is 0 Å². The Kier molecular flexibility index (Phi) is 6.08. The van der Waals surface area contributed by atoms with E-state index in [4.69, 9.17) is 10.6 Å². The Morgan fingerprint density at radius 3 is 2.56 bits per heavy atom. The van der Waals surface area contributed by atoms with Crippen LogP contribution >= 0.6 is 0 Å². The van der Waals surface area contributed by atoms with Crippen molar-refractivity contribution in [2.45, 2.75) is 32.7 Å². The molecule has 0 amide bonds. The summed E-state index contributed by atoms with van der Waals surface area (Å²) in [7, 11) is 0.